The quantitative estimate of drug-likeness (QED) is 0.518. The smallest absolute Gasteiger partial charge is 0.332 e. The Morgan fingerprint density at radius 2 is 2.00 bits per heavy atom. The van der Waals surface area contributed by atoms with Gasteiger partial charge in [-0.2, -0.15) is 4.90 Å². The van der Waals surface area contributed by atoms with Crippen LogP contribution in [0.1, 0.15) is 17.4 Å². The Bertz CT molecular complexity index is 1040. The lowest BCUT2D eigenvalue weighted by Gasteiger charge is -2.09. The highest BCUT2D eigenvalue weighted by molar-refractivity contribution is 6.21. The van der Waals surface area contributed by atoms with Crippen LogP contribution in [0, 0.1) is 5.82 Å². The molecule has 1 aliphatic rings. The molecule has 1 unspecified atom stereocenters. The van der Waals surface area contributed by atoms with Crippen molar-refractivity contribution in [2.24, 2.45) is 0 Å². The molecule has 0 spiro atoms. The average molecular weight is 327 g/mol. The van der Waals surface area contributed by atoms with Crippen LogP contribution in [-0.2, 0) is 4.79 Å². The van der Waals surface area contributed by atoms with Gasteiger partial charge in [-0.25, -0.2) is 19.2 Å². The van der Waals surface area contributed by atoms with Crippen LogP contribution in [0.2, 0.25) is 0 Å². The van der Waals surface area contributed by atoms with Crippen molar-refractivity contribution in [3.05, 3.63) is 36.0 Å². The fraction of sp³-hybridized carbons (Fsp3) is 0.133. The predicted molar refractivity (Wildman–Crippen MR) is 80.5 cm³/mol. The first-order chi connectivity index (χ1) is 11.5. The summed E-state index contributed by atoms with van der Waals surface area (Å²) in [6, 6.07) is 1.13. The first kappa shape index (κ1) is 14.2. The molecule has 3 aromatic rings. The van der Waals surface area contributed by atoms with Gasteiger partial charge in [0.05, 0.1) is 17.9 Å². The SMILES string of the molecule is CC1NC(=O)N(C(=O)c2cc3c(cn2)[nH]c2ncc(F)cc23)C1=O. The highest BCUT2D eigenvalue weighted by Crippen LogP contribution is 2.25. The summed E-state index contributed by atoms with van der Waals surface area (Å²) < 4.78 is 13.4. The van der Waals surface area contributed by atoms with E-state index >= 15 is 0 Å². The number of aromatic nitrogens is 3. The molecule has 0 aliphatic carbocycles. The van der Waals surface area contributed by atoms with Crippen molar-refractivity contribution in [3.8, 4) is 0 Å². The van der Waals surface area contributed by atoms with E-state index < -0.39 is 29.7 Å². The van der Waals surface area contributed by atoms with Gasteiger partial charge in [0.1, 0.15) is 23.2 Å². The third-order valence-electron chi connectivity index (χ3n) is 3.86. The van der Waals surface area contributed by atoms with Crippen LogP contribution in [-0.4, -0.2) is 43.7 Å². The predicted octanol–water partition coefficient (Wildman–Crippen LogP) is 1.33. The highest BCUT2D eigenvalue weighted by Gasteiger charge is 2.40. The van der Waals surface area contributed by atoms with Crippen molar-refractivity contribution >= 4 is 39.8 Å². The molecule has 4 heterocycles. The number of imide groups is 3. The van der Waals surface area contributed by atoms with E-state index in [9.17, 15) is 18.8 Å². The van der Waals surface area contributed by atoms with Crippen molar-refractivity contribution in [3.63, 3.8) is 0 Å². The zero-order valence-electron chi connectivity index (χ0n) is 12.3. The molecule has 9 heteroatoms. The van der Waals surface area contributed by atoms with Gasteiger partial charge in [0.15, 0.2) is 0 Å². The van der Waals surface area contributed by atoms with Gasteiger partial charge < -0.3 is 10.3 Å². The summed E-state index contributed by atoms with van der Waals surface area (Å²) in [6.07, 6.45) is 2.45. The summed E-state index contributed by atoms with van der Waals surface area (Å²) in [4.78, 5) is 47.5. The number of fused-ring (bicyclic) bond motifs is 3. The second-order valence-electron chi connectivity index (χ2n) is 5.44. The average Bonchev–Trinajstić information content (AvgIpc) is 3.03. The number of carbonyl (C=O) groups excluding carboxylic acids is 3. The van der Waals surface area contributed by atoms with Gasteiger partial charge in [0, 0.05) is 10.8 Å². The molecule has 0 saturated carbocycles. The van der Waals surface area contributed by atoms with E-state index in [2.05, 4.69) is 20.3 Å². The third kappa shape index (κ3) is 1.94. The van der Waals surface area contributed by atoms with Crippen LogP contribution < -0.4 is 5.32 Å². The first-order valence-corrected chi connectivity index (χ1v) is 7.07. The fourth-order valence-corrected chi connectivity index (χ4v) is 2.68. The minimum Gasteiger partial charge on any atom is -0.338 e. The molecular formula is C15H10FN5O3. The summed E-state index contributed by atoms with van der Waals surface area (Å²) in [6.45, 7) is 1.48. The first-order valence-electron chi connectivity index (χ1n) is 7.07. The Kier molecular flexibility index (Phi) is 2.86. The van der Waals surface area contributed by atoms with E-state index in [0.717, 1.165) is 6.20 Å². The van der Waals surface area contributed by atoms with Gasteiger partial charge in [0.25, 0.3) is 11.8 Å². The number of nitrogens with one attached hydrogen (secondary N) is 2. The lowest BCUT2D eigenvalue weighted by atomic mass is 10.2. The molecule has 1 fully saturated rings. The molecule has 0 radical (unpaired) electrons. The van der Waals surface area contributed by atoms with Crippen molar-refractivity contribution < 1.29 is 18.8 Å². The highest BCUT2D eigenvalue weighted by atomic mass is 19.1. The van der Waals surface area contributed by atoms with E-state index in [-0.39, 0.29) is 5.69 Å². The standard InChI is InChI=1S/C15H10FN5O3/c1-6-13(22)21(15(24)19-6)14(23)10-3-8-9-2-7(16)4-18-12(9)20-11(8)5-17-10/h2-6H,1H3,(H,18,20)(H,19,24). The molecule has 1 saturated heterocycles. The van der Waals surface area contributed by atoms with Gasteiger partial charge in [-0.15, -0.1) is 0 Å². The maximum absolute atomic E-state index is 13.4. The Morgan fingerprint density at radius 3 is 2.71 bits per heavy atom. The number of halogens is 1. The Morgan fingerprint density at radius 1 is 1.21 bits per heavy atom. The lowest BCUT2D eigenvalue weighted by molar-refractivity contribution is -0.125. The van der Waals surface area contributed by atoms with E-state index in [0.29, 0.717) is 26.8 Å². The number of amides is 4. The number of hydrogen-bond acceptors (Lipinski definition) is 5. The number of carbonyl (C=O) groups is 3. The van der Waals surface area contributed by atoms with Gasteiger partial charge >= 0.3 is 6.03 Å². The third-order valence-corrected chi connectivity index (χ3v) is 3.86. The van der Waals surface area contributed by atoms with Crippen molar-refractivity contribution in [2.75, 3.05) is 0 Å². The normalized spacial score (nSPS) is 17.8. The van der Waals surface area contributed by atoms with Gasteiger partial charge in [-0.1, -0.05) is 0 Å². The van der Waals surface area contributed by atoms with Gasteiger partial charge in [-0.05, 0) is 19.1 Å². The summed E-state index contributed by atoms with van der Waals surface area (Å²) >= 11 is 0. The molecule has 3 aromatic heterocycles. The van der Waals surface area contributed by atoms with Crippen LogP contribution in [0.3, 0.4) is 0 Å². The largest absolute Gasteiger partial charge is 0.338 e. The van der Waals surface area contributed by atoms with Crippen LogP contribution in [0.15, 0.2) is 24.5 Å². The van der Waals surface area contributed by atoms with Gasteiger partial charge in [0.2, 0.25) is 0 Å². The molecule has 4 rings (SSSR count). The van der Waals surface area contributed by atoms with Crippen molar-refractivity contribution in [2.45, 2.75) is 13.0 Å². The molecule has 0 bridgehead atoms. The summed E-state index contributed by atoms with van der Waals surface area (Å²) in [5, 5.41) is 3.36. The Labute approximate surface area is 133 Å². The molecule has 8 nitrogen and oxygen atoms in total. The van der Waals surface area contributed by atoms with Crippen LogP contribution in [0.5, 0.6) is 0 Å². The number of nitrogens with zero attached hydrogens (tertiary/aromatic N) is 3. The summed E-state index contributed by atoms with van der Waals surface area (Å²) in [5.74, 6) is -1.99. The molecule has 2 N–H and O–H groups in total. The fourth-order valence-electron chi connectivity index (χ4n) is 2.68. The molecule has 1 atom stereocenters. The number of rotatable bonds is 1. The van der Waals surface area contributed by atoms with E-state index in [1.807, 2.05) is 0 Å². The van der Waals surface area contributed by atoms with E-state index in [1.54, 1.807) is 0 Å². The van der Waals surface area contributed by atoms with Crippen molar-refractivity contribution in [1.82, 2.24) is 25.2 Å². The second-order valence-corrected chi connectivity index (χ2v) is 5.44. The summed E-state index contributed by atoms with van der Waals surface area (Å²) in [5.41, 5.74) is 0.914. The van der Waals surface area contributed by atoms with Crippen molar-refractivity contribution in [1.29, 1.82) is 0 Å². The van der Waals surface area contributed by atoms with E-state index in [1.165, 1.54) is 25.3 Å². The maximum atomic E-state index is 13.4. The molecule has 24 heavy (non-hydrogen) atoms. The Hall–Kier alpha value is -3.36. The minimum absolute atomic E-state index is 0.0924. The zero-order chi connectivity index (χ0) is 17.0. The van der Waals surface area contributed by atoms with Crippen LogP contribution >= 0.6 is 0 Å². The number of pyridine rings is 2. The van der Waals surface area contributed by atoms with Gasteiger partial charge in [-0.3, -0.25) is 9.59 Å². The lowest BCUT2D eigenvalue weighted by Crippen LogP contribution is -2.37. The second kappa shape index (κ2) is 4.82. The molecule has 0 aromatic carbocycles. The minimum atomic E-state index is -0.831. The number of urea groups is 1. The number of hydrogen-bond donors (Lipinski definition) is 2. The maximum Gasteiger partial charge on any atom is 0.332 e. The molecular weight excluding hydrogens is 317 g/mol. The topological polar surface area (TPSA) is 108 Å². The van der Waals surface area contributed by atoms with E-state index in [4.69, 9.17) is 0 Å². The monoisotopic (exact) mass is 327 g/mol. The summed E-state index contributed by atoms with van der Waals surface area (Å²) in [7, 11) is 0. The molecule has 4 amide bonds. The van der Waals surface area contributed by atoms with Crippen LogP contribution in [0.4, 0.5) is 9.18 Å². The zero-order valence-corrected chi connectivity index (χ0v) is 12.3. The molecule has 1 aliphatic heterocycles. The van der Waals surface area contributed by atoms with Crippen LogP contribution in [0.25, 0.3) is 21.9 Å². The molecule has 120 valence electrons. The number of aromatic amines is 1. The Balaban J connectivity index is 1.84. The number of H-pyrrole nitrogens is 1.